The van der Waals surface area contributed by atoms with Gasteiger partial charge in [0.2, 0.25) is 0 Å². The Kier molecular flexibility index (Phi) is 1.42. The van der Waals surface area contributed by atoms with Crippen LogP contribution >= 0.6 is 11.6 Å². The summed E-state index contributed by atoms with van der Waals surface area (Å²) in [5, 5.41) is 3.89. The lowest BCUT2D eigenvalue weighted by molar-refractivity contribution is 0.411. The summed E-state index contributed by atoms with van der Waals surface area (Å²) >= 11 is 5.65. The van der Waals surface area contributed by atoms with Crippen LogP contribution in [0, 0.1) is 0 Å². The van der Waals surface area contributed by atoms with Crippen LogP contribution in [0.5, 0.6) is 0 Å². The van der Waals surface area contributed by atoms with Gasteiger partial charge in [-0.05, 0) is 12.8 Å². The quantitative estimate of drug-likeness (QED) is 0.616. The van der Waals surface area contributed by atoms with E-state index >= 15 is 0 Å². The fraction of sp³-hybridized carbons (Fsp3) is 0.571. The molecule has 0 aliphatic heterocycles. The van der Waals surface area contributed by atoms with E-state index in [1.54, 1.807) is 6.26 Å². The van der Waals surface area contributed by atoms with Crippen LogP contribution in [0.25, 0.3) is 0 Å². The molecular formula is C7H8ClNO. The van der Waals surface area contributed by atoms with Crippen molar-refractivity contribution >= 4 is 11.6 Å². The minimum absolute atomic E-state index is 0.523. The molecule has 0 saturated heterocycles. The smallest absolute Gasteiger partial charge is 0.128 e. The van der Waals surface area contributed by atoms with E-state index in [1.807, 2.05) is 0 Å². The molecule has 1 aromatic rings. The van der Waals surface area contributed by atoms with Crippen molar-refractivity contribution in [2.24, 2.45) is 0 Å². The third-order valence-corrected chi connectivity index (χ3v) is 2.07. The molecule has 10 heavy (non-hydrogen) atoms. The standard InChI is InChI=1S/C7H8ClNO/c8-3-6-4-10-9-7(6)5-1-2-5/h4-5H,1-3H2. The van der Waals surface area contributed by atoms with E-state index in [9.17, 15) is 0 Å². The predicted molar refractivity (Wildman–Crippen MR) is 38.0 cm³/mol. The second-order valence-electron chi connectivity index (χ2n) is 2.63. The van der Waals surface area contributed by atoms with Crippen molar-refractivity contribution in [1.29, 1.82) is 0 Å². The molecule has 1 aromatic heterocycles. The maximum atomic E-state index is 5.65. The number of alkyl halides is 1. The van der Waals surface area contributed by atoms with E-state index in [1.165, 1.54) is 12.8 Å². The SMILES string of the molecule is ClCc1conc1C1CC1. The molecule has 2 nitrogen and oxygen atoms in total. The summed E-state index contributed by atoms with van der Waals surface area (Å²) in [7, 11) is 0. The van der Waals surface area contributed by atoms with E-state index in [4.69, 9.17) is 16.1 Å². The molecule has 0 atom stereocenters. The molecule has 0 amide bonds. The Bertz CT molecular complexity index is 229. The molecule has 3 heteroatoms. The lowest BCUT2D eigenvalue weighted by atomic mass is 10.2. The third kappa shape index (κ3) is 0.926. The summed E-state index contributed by atoms with van der Waals surface area (Å²) in [5.74, 6) is 1.17. The second-order valence-corrected chi connectivity index (χ2v) is 2.90. The van der Waals surface area contributed by atoms with Crippen LogP contribution in [-0.2, 0) is 5.88 Å². The van der Waals surface area contributed by atoms with E-state index in [0.717, 1.165) is 11.3 Å². The van der Waals surface area contributed by atoms with Crippen molar-refractivity contribution in [2.45, 2.75) is 24.6 Å². The molecule has 1 saturated carbocycles. The molecule has 1 aliphatic carbocycles. The van der Waals surface area contributed by atoms with Gasteiger partial charge in [0.25, 0.3) is 0 Å². The van der Waals surface area contributed by atoms with Gasteiger partial charge >= 0.3 is 0 Å². The van der Waals surface area contributed by atoms with Gasteiger partial charge in [-0.2, -0.15) is 0 Å². The maximum Gasteiger partial charge on any atom is 0.128 e. The van der Waals surface area contributed by atoms with Crippen LogP contribution < -0.4 is 0 Å². The van der Waals surface area contributed by atoms with Crippen LogP contribution in [0.3, 0.4) is 0 Å². The molecule has 0 spiro atoms. The number of aromatic nitrogens is 1. The molecule has 0 aromatic carbocycles. The first-order chi connectivity index (χ1) is 4.92. The van der Waals surface area contributed by atoms with Crippen molar-refractivity contribution in [3.8, 4) is 0 Å². The number of hydrogen-bond donors (Lipinski definition) is 0. The van der Waals surface area contributed by atoms with Gasteiger partial charge in [0.1, 0.15) is 6.26 Å². The highest BCUT2D eigenvalue weighted by Crippen LogP contribution is 2.40. The Morgan fingerprint density at radius 2 is 2.50 bits per heavy atom. The summed E-state index contributed by atoms with van der Waals surface area (Å²) in [6.45, 7) is 0. The molecule has 1 aliphatic rings. The fourth-order valence-electron chi connectivity index (χ4n) is 1.06. The highest BCUT2D eigenvalue weighted by Gasteiger charge is 2.28. The van der Waals surface area contributed by atoms with Gasteiger partial charge < -0.3 is 4.52 Å². The molecule has 54 valence electrons. The average Bonchev–Trinajstić information content (AvgIpc) is 2.69. The third-order valence-electron chi connectivity index (χ3n) is 1.78. The second kappa shape index (κ2) is 2.27. The van der Waals surface area contributed by atoms with Gasteiger partial charge in [0.15, 0.2) is 0 Å². The van der Waals surface area contributed by atoms with Crippen molar-refractivity contribution in [2.75, 3.05) is 0 Å². The fourth-order valence-corrected chi connectivity index (χ4v) is 1.26. The van der Waals surface area contributed by atoms with Gasteiger partial charge in [0.05, 0.1) is 11.6 Å². The van der Waals surface area contributed by atoms with Gasteiger partial charge in [-0.15, -0.1) is 11.6 Å². The summed E-state index contributed by atoms with van der Waals surface area (Å²) < 4.78 is 4.80. The summed E-state index contributed by atoms with van der Waals surface area (Å²) in [5.41, 5.74) is 2.14. The summed E-state index contributed by atoms with van der Waals surface area (Å²) in [4.78, 5) is 0. The minimum atomic E-state index is 0.523. The number of hydrogen-bond acceptors (Lipinski definition) is 2. The maximum absolute atomic E-state index is 5.65. The first-order valence-electron chi connectivity index (χ1n) is 3.41. The zero-order chi connectivity index (χ0) is 6.97. The zero-order valence-corrected chi connectivity index (χ0v) is 6.27. The van der Waals surface area contributed by atoms with E-state index in [0.29, 0.717) is 11.8 Å². The van der Waals surface area contributed by atoms with Crippen LogP contribution in [0.4, 0.5) is 0 Å². The summed E-state index contributed by atoms with van der Waals surface area (Å²) in [6, 6.07) is 0. The number of rotatable bonds is 2. The Hall–Kier alpha value is -0.500. The van der Waals surface area contributed by atoms with Gasteiger partial charge in [-0.25, -0.2) is 0 Å². The van der Waals surface area contributed by atoms with Gasteiger partial charge in [-0.3, -0.25) is 0 Å². The van der Waals surface area contributed by atoms with Crippen LogP contribution in [-0.4, -0.2) is 5.16 Å². The highest BCUT2D eigenvalue weighted by molar-refractivity contribution is 6.17. The largest absolute Gasteiger partial charge is 0.364 e. The van der Waals surface area contributed by atoms with Crippen molar-refractivity contribution in [3.63, 3.8) is 0 Å². The van der Waals surface area contributed by atoms with Crippen molar-refractivity contribution in [3.05, 3.63) is 17.5 Å². The predicted octanol–water partition coefficient (Wildman–Crippen LogP) is 2.29. The molecule has 2 rings (SSSR count). The molecule has 1 fully saturated rings. The lowest BCUT2D eigenvalue weighted by Crippen LogP contribution is -1.83. The number of halogens is 1. The Balaban J connectivity index is 2.28. The van der Waals surface area contributed by atoms with E-state index in [2.05, 4.69) is 5.16 Å². The van der Waals surface area contributed by atoms with Gasteiger partial charge in [0, 0.05) is 11.5 Å². The monoisotopic (exact) mass is 157 g/mol. The first kappa shape index (κ1) is 6.23. The first-order valence-corrected chi connectivity index (χ1v) is 3.94. The van der Waals surface area contributed by atoms with Crippen LogP contribution in [0.2, 0.25) is 0 Å². The molecule has 1 heterocycles. The Labute approximate surface area is 64.2 Å². The molecular weight excluding hydrogens is 150 g/mol. The average molecular weight is 158 g/mol. The summed E-state index contributed by atoms with van der Waals surface area (Å²) in [6.07, 6.45) is 4.13. The minimum Gasteiger partial charge on any atom is -0.364 e. The lowest BCUT2D eigenvalue weighted by Gasteiger charge is -1.89. The Morgan fingerprint density at radius 1 is 1.70 bits per heavy atom. The van der Waals surface area contributed by atoms with E-state index < -0.39 is 0 Å². The van der Waals surface area contributed by atoms with Crippen molar-refractivity contribution in [1.82, 2.24) is 5.16 Å². The number of nitrogens with zero attached hydrogens (tertiary/aromatic N) is 1. The zero-order valence-electron chi connectivity index (χ0n) is 5.51. The Morgan fingerprint density at radius 3 is 3.10 bits per heavy atom. The molecule has 0 unspecified atom stereocenters. The van der Waals surface area contributed by atoms with Gasteiger partial charge in [-0.1, -0.05) is 5.16 Å². The van der Waals surface area contributed by atoms with E-state index in [-0.39, 0.29) is 0 Å². The van der Waals surface area contributed by atoms with Crippen LogP contribution in [0.1, 0.15) is 30.0 Å². The highest BCUT2D eigenvalue weighted by atomic mass is 35.5. The normalized spacial score (nSPS) is 17.7. The molecule has 0 bridgehead atoms. The molecule has 0 N–H and O–H groups in total. The van der Waals surface area contributed by atoms with Crippen molar-refractivity contribution < 1.29 is 4.52 Å². The molecule has 0 radical (unpaired) electrons. The van der Waals surface area contributed by atoms with Crippen LogP contribution in [0.15, 0.2) is 10.8 Å². The topological polar surface area (TPSA) is 26.0 Å².